The highest BCUT2D eigenvalue weighted by molar-refractivity contribution is 9.10. The third-order valence-electron chi connectivity index (χ3n) is 4.79. The summed E-state index contributed by atoms with van der Waals surface area (Å²) in [5, 5.41) is 2.94. The van der Waals surface area contributed by atoms with E-state index in [1.807, 2.05) is 24.3 Å². The third-order valence-corrected chi connectivity index (χ3v) is 7.56. The predicted octanol–water partition coefficient (Wildman–Crippen LogP) is 1.35. The fraction of sp³-hybridized carbons (Fsp3) is 0.588. The van der Waals surface area contributed by atoms with Gasteiger partial charge in [0.25, 0.3) is 10.2 Å². The van der Waals surface area contributed by atoms with Crippen LogP contribution >= 0.6 is 15.9 Å². The molecule has 1 aromatic carbocycles. The fourth-order valence-corrected chi connectivity index (χ4v) is 5.37. The van der Waals surface area contributed by atoms with Crippen molar-refractivity contribution in [2.75, 3.05) is 39.4 Å². The van der Waals surface area contributed by atoms with E-state index < -0.39 is 10.2 Å². The van der Waals surface area contributed by atoms with E-state index in [-0.39, 0.29) is 18.4 Å². The molecule has 1 amide bonds. The Kier molecular flexibility index (Phi) is 6.68. The van der Waals surface area contributed by atoms with Crippen LogP contribution in [0.15, 0.2) is 28.7 Å². The monoisotopic (exact) mass is 445 g/mol. The van der Waals surface area contributed by atoms with Crippen molar-refractivity contribution in [3.63, 3.8) is 0 Å². The Morgan fingerprint density at radius 1 is 1.19 bits per heavy atom. The minimum atomic E-state index is -3.53. The van der Waals surface area contributed by atoms with E-state index in [2.05, 4.69) is 21.2 Å². The van der Waals surface area contributed by atoms with E-state index in [1.54, 1.807) is 0 Å². The van der Waals surface area contributed by atoms with Crippen LogP contribution in [0.4, 0.5) is 0 Å². The van der Waals surface area contributed by atoms with E-state index in [0.29, 0.717) is 52.2 Å². The van der Waals surface area contributed by atoms with Crippen LogP contribution in [0.2, 0.25) is 0 Å². The van der Waals surface area contributed by atoms with Crippen molar-refractivity contribution >= 4 is 32.0 Å². The lowest BCUT2D eigenvalue weighted by molar-refractivity contribution is -0.126. The van der Waals surface area contributed by atoms with Gasteiger partial charge in [-0.2, -0.15) is 17.0 Å². The maximum absolute atomic E-state index is 12.8. The van der Waals surface area contributed by atoms with Gasteiger partial charge in [-0.05, 0) is 24.5 Å². The molecular weight excluding hydrogens is 422 g/mol. The normalized spacial score (nSPS) is 22.9. The number of nitrogens with one attached hydrogen (secondary N) is 1. The number of carbonyl (C=O) groups excluding carboxylic acids is 1. The number of rotatable bonds is 5. The molecule has 2 fully saturated rings. The number of halogens is 1. The van der Waals surface area contributed by atoms with Gasteiger partial charge in [-0.1, -0.05) is 34.1 Å². The first-order valence-electron chi connectivity index (χ1n) is 8.82. The third kappa shape index (κ3) is 4.64. The van der Waals surface area contributed by atoms with Gasteiger partial charge in [0.15, 0.2) is 0 Å². The highest BCUT2D eigenvalue weighted by Gasteiger charge is 2.36. The van der Waals surface area contributed by atoms with Crippen molar-refractivity contribution in [1.29, 1.82) is 0 Å². The Morgan fingerprint density at radius 3 is 2.65 bits per heavy atom. The second kappa shape index (κ2) is 8.79. The second-order valence-corrected chi connectivity index (χ2v) is 9.31. The number of amides is 1. The zero-order valence-corrected chi connectivity index (χ0v) is 17.0. The minimum Gasteiger partial charge on any atom is -0.379 e. The van der Waals surface area contributed by atoms with Gasteiger partial charge in [-0.15, -0.1) is 0 Å². The van der Waals surface area contributed by atoms with Crippen LogP contribution in [-0.2, 0) is 26.3 Å². The minimum absolute atomic E-state index is 0.0948. The van der Waals surface area contributed by atoms with Gasteiger partial charge >= 0.3 is 0 Å². The number of morpholine rings is 1. The van der Waals surface area contributed by atoms with Crippen LogP contribution in [0.1, 0.15) is 18.4 Å². The summed E-state index contributed by atoms with van der Waals surface area (Å²) in [4.78, 5) is 12.6. The maximum atomic E-state index is 12.8. The molecule has 2 aliphatic rings. The van der Waals surface area contributed by atoms with E-state index in [1.165, 1.54) is 8.61 Å². The number of ether oxygens (including phenoxy) is 1. The Labute approximate surface area is 163 Å². The molecule has 1 atom stereocenters. The summed E-state index contributed by atoms with van der Waals surface area (Å²) in [5.41, 5.74) is 0.995. The molecule has 0 bridgehead atoms. The molecule has 2 heterocycles. The summed E-state index contributed by atoms with van der Waals surface area (Å²) >= 11 is 3.47. The average Bonchev–Trinajstić information content (AvgIpc) is 2.68. The van der Waals surface area contributed by atoms with Crippen LogP contribution in [0, 0.1) is 5.92 Å². The molecule has 0 aliphatic carbocycles. The van der Waals surface area contributed by atoms with Gasteiger partial charge < -0.3 is 10.1 Å². The highest BCUT2D eigenvalue weighted by Crippen LogP contribution is 2.22. The number of piperidine rings is 1. The molecule has 0 radical (unpaired) electrons. The van der Waals surface area contributed by atoms with Crippen molar-refractivity contribution in [3.8, 4) is 0 Å². The molecule has 1 aromatic rings. The summed E-state index contributed by atoms with van der Waals surface area (Å²) in [6.45, 7) is 2.71. The number of hydrogen-bond acceptors (Lipinski definition) is 4. The first-order valence-corrected chi connectivity index (χ1v) is 11.0. The van der Waals surface area contributed by atoms with E-state index in [9.17, 15) is 13.2 Å². The molecule has 2 saturated heterocycles. The molecule has 2 aliphatic heterocycles. The number of carbonyl (C=O) groups is 1. The molecule has 144 valence electrons. The van der Waals surface area contributed by atoms with Gasteiger partial charge in [0.1, 0.15) is 0 Å². The molecule has 0 saturated carbocycles. The Balaban J connectivity index is 1.59. The molecule has 3 rings (SSSR count). The van der Waals surface area contributed by atoms with Gasteiger partial charge in [0.05, 0.1) is 19.1 Å². The van der Waals surface area contributed by atoms with Crippen molar-refractivity contribution in [2.24, 2.45) is 5.92 Å². The van der Waals surface area contributed by atoms with E-state index >= 15 is 0 Å². The molecular formula is C17H24BrN3O4S. The lowest BCUT2D eigenvalue weighted by Crippen LogP contribution is -2.52. The topological polar surface area (TPSA) is 79.0 Å². The summed E-state index contributed by atoms with van der Waals surface area (Å²) in [7, 11) is -3.53. The number of nitrogens with zero attached hydrogens (tertiary/aromatic N) is 2. The van der Waals surface area contributed by atoms with Crippen molar-refractivity contribution in [2.45, 2.75) is 19.4 Å². The lowest BCUT2D eigenvalue weighted by atomic mass is 9.99. The zero-order valence-electron chi connectivity index (χ0n) is 14.6. The fourth-order valence-electron chi connectivity index (χ4n) is 3.28. The van der Waals surface area contributed by atoms with E-state index in [0.717, 1.165) is 10.0 Å². The van der Waals surface area contributed by atoms with Crippen LogP contribution in [0.3, 0.4) is 0 Å². The number of benzene rings is 1. The Hall–Kier alpha value is -1.00. The van der Waals surface area contributed by atoms with Gasteiger partial charge in [0.2, 0.25) is 5.91 Å². The molecule has 1 N–H and O–H groups in total. The second-order valence-electron chi connectivity index (χ2n) is 6.53. The van der Waals surface area contributed by atoms with Crippen molar-refractivity contribution in [3.05, 3.63) is 34.3 Å². The molecule has 9 heteroatoms. The summed E-state index contributed by atoms with van der Waals surface area (Å²) < 4.78 is 34.7. The average molecular weight is 446 g/mol. The zero-order chi connectivity index (χ0) is 18.6. The Bertz CT molecular complexity index is 737. The van der Waals surface area contributed by atoms with Gasteiger partial charge in [-0.3, -0.25) is 4.79 Å². The SMILES string of the molecule is O=C(NCc1ccccc1Br)C1CCCN(S(=O)(=O)N2CCOCC2)C1. The van der Waals surface area contributed by atoms with Gasteiger partial charge in [0, 0.05) is 37.2 Å². The van der Waals surface area contributed by atoms with Crippen LogP contribution < -0.4 is 5.32 Å². The standard InChI is InChI=1S/C17H24BrN3O4S/c18-16-6-2-1-4-14(16)12-19-17(22)15-5-3-7-21(13-15)26(23,24)20-8-10-25-11-9-20/h1-2,4,6,15H,3,5,7-13H2,(H,19,22). The van der Waals surface area contributed by atoms with E-state index in [4.69, 9.17) is 4.74 Å². The van der Waals surface area contributed by atoms with Crippen LogP contribution in [-0.4, -0.2) is 62.3 Å². The number of hydrogen-bond donors (Lipinski definition) is 1. The largest absolute Gasteiger partial charge is 0.379 e. The lowest BCUT2D eigenvalue weighted by Gasteiger charge is -2.36. The summed E-state index contributed by atoms with van der Waals surface area (Å²) in [5.74, 6) is -0.412. The smallest absolute Gasteiger partial charge is 0.282 e. The molecule has 26 heavy (non-hydrogen) atoms. The van der Waals surface area contributed by atoms with Crippen LogP contribution in [0.5, 0.6) is 0 Å². The molecule has 0 spiro atoms. The van der Waals surface area contributed by atoms with Crippen LogP contribution in [0.25, 0.3) is 0 Å². The summed E-state index contributed by atoms with van der Waals surface area (Å²) in [6, 6.07) is 7.72. The van der Waals surface area contributed by atoms with Crippen molar-refractivity contribution < 1.29 is 17.9 Å². The Morgan fingerprint density at radius 2 is 1.92 bits per heavy atom. The maximum Gasteiger partial charge on any atom is 0.282 e. The van der Waals surface area contributed by atoms with Gasteiger partial charge in [-0.25, -0.2) is 0 Å². The first kappa shape index (κ1) is 19.8. The highest BCUT2D eigenvalue weighted by atomic mass is 79.9. The predicted molar refractivity (Wildman–Crippen MR) is 102 cm³/mol. The molecule has 0 aromatic heterocycles. The summed E-state index contributed by atoms with van der Waals surface area (Å²) in [6.07, 6.45) is 1.40. The molecule has 7 nitrogen and oxygen atoms in total. The quantitative estimate of drug-likeness (QED) is 0.741. The molecule has 1 unspecified atom stereocenters. The first-order chi connectivity index (χ1) is 12.5. The van der Waals surface area contributed by atoms with Crippen molar-refractivity contribution in [1.82, 2.24) is 13.9 Å².